The molecule has 20 heavy (non-hydrogen) atoms. The molecular formula is C14H21FN2O3. The van der Waals surface area contributed by atoms with Gasteiger partial charge in [-0.3, -0.25) is 0 Å². The Bertz CT molecular complexity index is 411. The molecule has 112 valence electrons. The number of carbonyl (C=O) groups is 1. The largest absolute Gasteiger partial charge is 0.396 e. The SMILES string of the molecule is CC(CCCO)NC(=O)NCC(O)c1ccc(F)cc1. The molecule has 2 unspecified atom stereocenters. The van der Waals surface area contributed by atoms with Gasteiger partial charge in [0.05, 0.1) is 6.10 Å². The third-order valence-electron chi connectivity index (χ3n) is 2.88. The maximum Gasteiger partial charge on any atom is 0.315 e. The minimum absolute atomic E-state index is 0.0458. The third-order valence-corrected chi connectivity index (χ3v) is 2.88. The number of carbonyl (C=O) groups excluding carboxylic acids is 1. The summed E-state index contributed by atoms with van der Waals surface area (Å²) in [6.45, 7) is 1.98. The topological polar surface area (TPSA) is 81.6 Å². The molecule has 5 nitrogen and oxygen atoms in total. The number of aliphatic hydroxyl groups is 2. The molecule has 0 aliphatic rings. The lowest BCUT2D eigenvalue weighted by Gasteiger charge is -2.16. The van der Waals surface area contributed by atoms with E-state index in [2.05, 4.69) is 10.6 Å². The van der Waals surface area contributed by atoms with Crippen LogP contribution in [-0.4, -0.2) is 35.4 Å². The van der Waals surface area contributed by atoms with E-state index in [1.165, 1.54) is 24.3 Å². The summed E-state index contributed by atoms with van der Waals surface area (Å²) >= 11 is 0. The summed E-state index contributed by atoms with van der Waals surface area (Å²) in [6.07, 6.45) is 0.429. The van der Waals surface area contributed by atoms with Crippen LogP contribution in [0.25, 0.3) is 0 Å². The summed E-state index contributed by atoms with van der Waals surface area (Å²) in [5.41, 5.74) is 0.542. The fourth-order valence-electron chi connectivity index (χ4n) is 1.74. The standard InChI is InChI=1S/C14H21FN2O3/c1-10(3-2-8-18)17-14(20)16-9-13(19)11-4-6-12(15)7-5-11/h4-7,10,13,18-19H,2-3,8-9H2,1H3,(H2,16,17,20). The Labute approximate surface area is 117 Å². The fourth-order valence-corrected chi connectivity index (χ4v) is 1.74. The van der Waals surface area contributed by atoms with Gasteiger partial charge >= 0.3 is 6.03 Å². The molecule has 2 amide bonds. The Kier molecular flexibility index (Phi) is 6.97. The molecule has 2 atom stereocenters. The maximum absolute atomic E-state index is 12.7. The minimum atomic E-state index is -0.880. The lowest BCUT2D eigenvalue weighted by atomic mass is 10.1. The molecule has 0 bridgehead atoms. The van der Waals surface area contributed by atoms with E-state index in [4.69, 9.17) is 5.11 Å². The summed E-state index contributed by atoms with van der Waals surface area (Å²) in [6, 6.07) is 5.04. The van der Waals surface area contributed by atoms with Crippen LogP contribution in [0.3, 0.4) is 0 Å². The second-order valence-corrected chi connectivity index (χ2v) is 4.69. The van der Waals surface area contributed by atoms with Crippen LogP contribution in [-0.2, 0) is 0 Å². The highest BCUT2D eigenvalue weighted by molar-refractivity contribution is 5.74. The van der Waals surface area contributed by atoms with E-state index in [0.29, 0.717) is 18.4 Å². The number of benzene rings is 1. The van der Waals surface area contributed by atoms with Crippen LogP contribution < -0.4 is 10.6 Å². The van der Waals surface area contributed by atoms with E-state index in [-0.39, 0.29) is 31.0 Å². The number of hydrogen-bond donors (Lipinski definition) is 4. The van der Waals surface area contributed by atoms with E-state index >= 15 is 0 Å². The highest BCUT2D eigenvalue weighted by Crippen LogP contribution is 2.12. The Morgan fingerprint density at radius 3 is 2.60 bits per heavy atom. The zero-order valence-electron chi connectivity index (χ0n) is 11.5. The van der Waals surface area contributed by atoms with Gasteiger partial charge in [-0.25, -0.2) is 9.18 Å². The normalized spacial score (nSPS) is 13.6. The molecule has 0 aliphatic heterocycles. The summed E-state index contributed by atoms with van der Waals surface area (Å²) in [5.74, 6) is -0.371. The van der Waals surface area contributed by atoms with E-state index in [1.54, 1.807) is 0 Å². The molecule has 0 spiro atoms. The van der Waals surface area contributed by atoms with Crippen LogP contribution in [0.2, 0.25) is 0 Å². The minimum Gasteiger partial charge on any atom is -0.396 e. The highest BCUT2D eigenvalue weighted by atomic mass is 19.1. The number of hydrogen-bond acceptors (Lipinski definition) is 3. The Morgan fingerprint density at radius 1 is 1.35 bits per heavy atom. The van der Waals surface area contributed by atoms with Gasteiger partial charge in [-0.2, -0.15) is 0 Å². The van der Waals surface area contributed by atoms with Gasteiger partial charge in [0.25, 0.3) is 0 Å². The predicted molar refractivity (Wildman–Crippen MR) is 73.7 cm³/mol. The maximum atomic E-state index is 12.7. The quantitative estimate of drug-likeness (QED) is 0.609. The van der Waals surface area contributed by atoms with E-state index < -0.39 is 6.10 Å². The van der Waals surface area contributed by atoms with Crippen molar-refractivity contribution in [2.45, 2.75) is 31.9 Å². The molecule has 0 aliphatic carbocycles. The number of halogens is 1. The van der Waals surface area contributed by atoms with Crippen molar-refractivity contribution < 1.29 is 19.4 Å². The van der Waals surface area contributed by atoms with Gasteiger partial charge in [-0.05, 0) is 37.5 Å². The lowest BCUT2D eigenvalue weighted by molar-refractivity contribution is 0.172. The summed E-state index contributed by atoms with van der Waals surface area (Å²) in [5, 5.41) is 23.8. The second-order valence-electron chi connectivity index (χ2n) is 4.69. The lowest BCUT2D eigenvalue weighted by Crippen LogP contribution is -2.42. The first kappa shape index (κ1) is 16.4. The molecule has 0 aromatic heterocycles. The predicted octanol–water partition coefficient (Wildman–Crippen LogP) is 1.32. The monoisotopic (exact) mass is 284 g/mol. The Morgan fingerprint density at radius 2 is 2.00 bits per heavy atom. The Hall–Kier alpha value is -1.66. The zero-order valence-corrected chi connectivity index (χ0v) is 11.5. The van der Waals surface area contributed by atoms with Gasteiger partial charge in [0.2, 0.25) is 0 Å². The van der Waals surface area contributed by atoms with Gasteiger partial charge in [0.15, 0.2) is 0 Å². The first-order chi connectivity index (χ1) is 9.52. The van der Waals surface area contributed by atoms with Crippen molar-refractivity contribution in [3.05, 3.63) is 35.6 Å². The fraction of sp³-hybridized carbons (Fsp3) is 0.500. The number of rotatable bonds is 7. The van der Waals surface area contributed by atoms with Crippen LogP contribution in [0.4, 0.5) is 9.18 Å². The molecule has 6 heteroatoms. The van der Waals surface area contributed by atoms with Crippen LogP contribution in [0.15, 0.2) is 24.3 Å². The van der Waals surface area contributed by atoms with Crippen LogP contribution in [0.5, 0.6) is 0 Å². The van der Waals surface area contributed by atoms with E-state index in [1.807, 2.05) is 6.92 Å². The van der Waals surface area contributed by atoms with Crippen LogP contribution in [0.1, 0.15) is 31.4 Å². The van der Waals surface area contributed by atoms with Crippen molar-refractivity contribution in [1.29, 1.82) is 0 Å². The zero-order chi connectivity index (χ0) is 15.0. The van der Waals surface area contributed by atoms with Crippen molar-refractivity contribution in [1.82, 2.24) is 10.6 Å². The van der Waals surface area contributed by atoms with Crippen LogP contribution in [0, 0.1) is 5.82 Å². The van der Waals surface area contributed by atoms with Crippen molar-refractivity contribution in [2.24, 2.45) is 0 Å². The molecule has 4 N–H and O–H groups in total. The molecule has 1 aromatic carbocycles. The van der Waals surface area contributed by atoms with Crippen molar-refractivity contribution in [3.63, 3.8) is 0 Å². The summed E-state index contributed by atoms with van der Waals surface area (Å²) in [4.78, 5) is 11.6. The summed E-state index contributed by atoms with van der Waals surface area (Å²) < 4.78 is 12.7. The number of nitrogens with one attached hydrogen (secondary N) is 2. The molecule has 1 rings (SSSR count). The Balaban J connectivity index is 2.31. The smallest absolute Gasteiger partial charge is 0.315 e. The average Bonchev–Trinajstić information content (AvgIpc) is 2.43. The number of aliphatic hydroxyl groups excluding tert-OH is 2. The molecule has 1 aromatic rings. The molecule has 0 radical (unpaired) electrons. The summed E-state index contributed by atoms with van der Waals surface area (Å²) in [7, 11) is 0. The van der Waals surface area contributed by atoms with Crippen molar-refractivity contribution in [2.75, 3.05) is 13.2 Å². The van der Waals surface area contributed by atoms with E-state index in [0.717, 1.165) is 0 Å². The van der Waals surface area contributed by atoms with Gasteiger partial charge < -0.3 is 20.8 Å². The first-order valence-electron chi connectivity index (χ1n) is 6.61. The van der Waals surface area contributed by atoms with Gasteiger partial charge in [0, 0.05) is 19.2 Å². The molecule has 0 fully saturated rings. The first-order valence-corrected chi connectivity index (χ1v) is 6.61. The highest BCUT2D eigenvalue weighted by Gasteiger charge is 2.11. The average molecular weight is 284 g/mol. The van der Waals surface area contributed by atoms with Gasteiger partial charge in [-0.1, -0.05) is 12.1 Å². The molecule has 0 saturated carbocycles. The van der Waals surface area contributed by atoms with E-state index in [9.17, 15) is 14.3 Å². The van der Waals surface area contributed by atoms with Gasteiger partial charge in [-0.15, -0.1) is 0 Å². The van der Waals surface area contributed by atoms with Gasteiger partial charge in [0.1, 0.15) is 5.82 Å². The molecular weight excluding hydrogens is 263 g/mol. The van der Waals surface area contributed by atoms with Crippen LogP contribution >= 0.6 is 0 Å². The third kappa shape index (κ3) is 5.99. The number of urea groups is 1. The molecule has 0 saturated heterocycles. The van der Waals surface area contributed by atoms with Crippen molar-refractivity contribution >= 4 is 6.03 Å². The second kappa shape index (κ2) is 8.50. The molecule has 0 heterocycles. The number of amides is 2. The van der Waals surface area contributed by atoms with Crippen molar-refractivity contribution in [3.8, 4) is 0 Å².